The van der Waals surface area contributed by atoms with Crippen molar-refractivity contribution in [2.24, 2.45) is 0 Å². The van der Waals surface area contributed by atoms with Gasteiger partial charge in [-0.3, -0.25) is 0 Å². The number of hydrogen-bond acceptors (Lipinski definition) is 8. The van der Waals surface area contributed by atoms with E-state index >= 15 is 0 Å². The summed E-state index contributed by atoms with van der Waals surface area (Å²) in [6, 6.07) is 21.2. The molecule has 8 rings (SSSR count). The standard InChI is InChI=1S/2C17H13N2O3S.Zn/c2*1-10-7-14-15(8-11(10)2)22-17(18-14)9-13-12-5-3-4-6-16(12)23(20,21)19-13;/h2*3-9H,1-2H3;/q2*-1;+2/b2*13-9-;. The maximum atomic E-state index is 12.1. The first-order valence-corrected chi connectivity index (χ1v) is 17.1. The summed E-state index contributed by atoms with van der Waals surface area (Å²) < 4.78 is 67.3. The number of nitrogens with zero attached hydrogens (tertiary/aromatic N) is 4. The van der Waals surface area contributed by atoms with Crippen molar-refractivity contribution in [3.05, 3.63) is 127 Å². The molecular formula is C34H26N4O6S2Zn. The molecule has 6 aromatic rings. The molecule has 0 radical (unpaired) electrons. The first-order valence-electron chi connectivity index (χ1n) is 14.2. The zero-order valence-corrected chi connectivity index (χ0v) is 30.4. The van der Waals surface area contributed by atoms with Crippen LogP contribution < -0.4 is 0 Å². The molecule has 0 N–H and O–H groups in total. The molecule has 0 atom stereocenters. The van der Waals surface area contributed by atoms with Gasteiger partial charge in [0.1, 0.15) is 31.1 Å². The van der Waals surface area contributed by atoms with Crippen LogP contribution in [0.15, 0.2) is 91.4 Å². The molecule has 0 bridgehead atoms. The van der Waals surface area contributed by atoms with Gasteiger partial charge in [-0.1, -0.05) is 36.4 Å². The third kappa shape index (κ3) is 6.02. The average Bonchev–Trinajstić information content (AvgIpc) is 3.71. The van der Waals surface area contributed by atoms with Crippen molar-refractivity contribution >= 4 is 65.8 Å². The molecule has 2 aliphatic heterocycles. The predicted octanol–water partition coefficient (Wildman–Crippen LogP) is 8.03. The first-order chi connectivity index (χ1) is 21.9. The van der Waals surface area contributed by atoms with Crippen molar-refractivity contribution in [1.82, 2.24) is 9.97 Å². The Morgan fingerprint density at radius 1 is 0.574 bits per heavy atom. The molecule has 0 aliphatic carbocycles. The Labute approximate surface area is 284 Å². The molecule has 4 aromatic carbocycles. The Kier molecular flexibility index (Phi) is 8.19. The summed E-state index contributed by atoms with van der Waals surface area (Å²) in [6.07, 6.45) is 3.13. The molecule has 0 amide bonds. The van der Waals surface area contributed by atoms with Gasteiger partial charge in [-0.15, -0.1) is 11.4 Å². The zero-order valence-electron chi connectivity index (χ0n) is 25.8. The molecule has 0 fully saturated rings. The summed E-state index contributed by atoms with van der Waals surface area (Å²) in [6.45, 7) is 8.03. The molecule has 0 saturated carbocycles. The van der Waals surface area contributed by atoms with Crippen LogP contribution in [0.2, 0.25) is 0 Å². The van der Waals surface area contributed by atoms with Gasteiger partial charge in [0.05, 0.1) is 9.79 Å². The van der Waals surface area contributed by atoms with E-state index in [9.17, 15) is 16.8 Å². The monoisotopic (exact) mass is 714 g/mol. The molecule has 13 heteroatoms. The van der Waals surface area contributed by atoms with Crippen LogP contribution in [0.4, 0.5) is 0 Å². The van der Waals surface area contributed by atoms with E-state index in [4.69, 9.17) is 8.83 Å². The quantitative estimate of drug-likeness (QED) is 0.164. The number of rotatable bonds is 2. The Balaban J connectivity index is 0.000000161. The Hall–Kier alpha value is -4.58. The van der Waals surface area contributed by atoms with Gasteiger partial charge in [-0.05, 0) is 110 Å². The van der Waals surface area contributed by atoms with Crippen LogP contribution >= 0.6 is 0 Å². The van der Waals surface area contributed by atoms with E-state index in [2.05, 4.69) is 19.4 Å². The summed E-state index contributed by atoms with van der Waals surface area (Å²) in [5.74, 6) is 0.686. The van der Waals surface area contributed by atoms with Crippen LogP contribution in [-0.2, 0) is 39.5 Å². The number of benzene rings is 4. The van der Waals surface area contributed by atoms with E-state index in [0.717, 1.165) is 33.3 Å². The normalized spacial score (nSPS) is 17.0. The van der Waals surface area contributed by atoms with Crippen molar-refractivity contribution < 1.29 is 45.1 Å². The maximum Gasteiger partial charge on any atom is 2.00 e. The van der Waals surface area contributed by atoms with Crippen molar-refractivity contribution in [3.63, 3.8) is 0 Å². The zero-order chi connectivity index (χ0) is 32.4. The number of fused-ring (bicyclic) bond motifs is 4. The van der Waals surface area contributed by atoms with E-state index < -0.39 is 20.0 Å². The van der Waals surface area contributed by atoms with Crippen molar-refractivity contribution in [3.8, 4) is 0 Å². The second-order valence-corrected chi connectivity index (χ2v) is 14.2. The maximum absolute atomic E-state index is 12.1. The summed E-state index contributed by atoms with van der Waals surface area (Å²) >= 11 is 0. The van der Waals surface area contributed by atoms with Gasteiger partial charge in [0.25, 0.3) is 0 Å². The largest absolute Gasteiger partial charge is 2.00 e. The smallest absolute Gasteiger partial charge is 0.572 e. The minimum absolute atomic E-state index is 0. The Bertz CT molecular complexity index is 2260. The van der Waals surface area contributed by atoms with Crippen LogP contribution in [-0.4, -0.2) is 26.8 Å². The van der Waals surface area contributed by atoms with E-state index in [1.54, 1.807) is 60.7 Å². The number of aromatic nitrogens is 2. The summed E-state index contributed by atoms with van der Waals surface area (Å²) in [5, 5.41) is 0. The predicted molar refractivity (Wildman–Crippen MR) is 177 cm³/mol. The summed E-state index contributed by atoms with van der Waals surface area (Å²) in [7, 11) is -7.26. The van der Waals surface area contributed by atoms with Gasteiger partial charge in [0.2, 0.25) is 11.8 Å². The number of oxazole rings is 2. The molecule has 0 unspecified atom stereocenters. The number of hydrogen-bond donors (Lipinski definition) is 0. The molecular weight excluding hydrogens is 690 g/mol. The average molecular weight is 716 g/mol. The molecule has 232 valence electrons. The van der Waals surface area contributed by atoms with Gasteiger partial charge in [-0.2, -0.15) is 0 Å². The molecule has 0 spiro atoms. The second-order valence-electron chi connectivity index (χ2n) is 11.1. The molecule has 2 aliphatic rings. The molecule has 0 saturated heterocycles. The van der Waals surface area contributed by atoms with Crippen LogP contribution in [0.1, 0.15) is 45.2 Å². The van der Waals surface area contributed by atoms with Gasteiger partial charge < -0.3 is 18.3 Å². The van der Waals surface area contributed by atoms with Crippen molar-refractivity contribution in [2.45, 2.75) is 37.5 Å². The Morgan fingerprint density at radius 3 is 1.34 bits per heavy atom. The van der Waals surface area contributed by atoms with Gasteiger partial charge in [-0.25, -0.2) is 26.8 Å². The molecule has 47 heavy (non-hydrogen) atoms. The van der Waals surface area contributed by atoms with E-state index in [-0.39, 0.29) is 29.3 Å². The molecule has 2 aromatic heterocycles. The van der Waals surface area contributed by atoms with Gasteiger partial charge >= 0.3 is 19.5 Å². The van der Waals surface area contributed by atoms with Gasteiger partial charge in [0.15, 0.2) is 11.2 Å². The fourth-order valence-electron chi connectivity index (χ4n) is 5.22. The fourth-order valence-corrected chi connectivity index (χ4v) is 7.64. The topological polar surface area (TPSA) is 149 Å². The first kappa shape index (κ1) is 32.4. The van der Waals surface area contributed by atoms with E-state index in [1.165, 1.54) is 0 Å². The van der Waals surface area contributed by atoms with Gasteiger partial charge in [0, 0.05) is 0 Å². The number of aryl methyl sites for hydroxylation is 4. The summed E-state index contributed by atoms with van der Waals surface area (Å²) in [5.41, 5.74) is 9.17. The number of sulfonamides is 2. The third-order valence-corrected chi connectivity index (χ3v) is 10.6. The fraction of sp³-hybridized carbons (Fsp3) is 0.118. The van der Waals surface area contributed by atoms with Crippen LogP contribution in [0.5, 0.6) is 0 Å². The van der Waals surface area contributed by atoms with Crippen LogP contribution in [0.3, 0.4) is 0 Å². The third-order valence-electron chi connectivity index (χ3n) is 7.88. The van der Waals surface area contributed by atoms with Crippen molar-refractivity contribution in [1.29, 1.82) is 0 Å². The minimum atomic E-state index is -3.63. The van der Waals surface area contributed by atoms with E-state index in [1.807, 2.05) is 52.0 Å². The molecule has 10 nitrogen and oxygen atoms in total. The van der Waals surface area contributed by atoms with E-state index in [0.29, 0.717) is 45.5 Å². The Morgan fingerprint density at radius 2 is 0.936 bits per heavy atom. The second kappa shape index (κ2) is 11.9. The summed E-state index contributed by atoms with van der Waals surface area (Å²) in [4.78, 5) is 9.24. The molecule has 4 heterocycles. The SMILES string of the molecule is Cc1cc2nc(/C=C3\[N-]S(=O)(=O)c4ccccc43)oc2cc1C.Cc1cc2nc(/C=C3\[N-]S(=O)(=O)c4ccccc43)oc2cc1C.[Zn+2]. The van der Waals surface area contributed by atoms with Crippen LogP contribution in [0, 0.1) is 27.7 Å². The van der Waals surface area contributed by atoms with Crippen LogP contribution in [0.25, 0.3) is 55.2 Å². The van der Waals surface area contributed by atoms with Crippen molar-refractivity contribution in [2.75, 3.05) is 0 Å². The minimum Gasteiger partial charge on any atom is -0.572 e.